The molecule has 0 radical (unpaired) electrons. The Kier molecular flexibility index (Phi) is 3.91. The number of pyridine rings is 1. The first-order valence-corrected chi connectivity index (χ1v) is 8.05. The van der Waals surface area contributed by atoms with E-state index >= 15 is 0 Å². The maximum atomic E-state index is 12.6. The number of nitrogens with one attached hydrogen (secondary N) is 1. The monoisotopic (exact) mass is 348 g/mol. The largest absolute Gasteiger partial charge is 0.321 e. The van der Waals surface area contributed by atoms with Crippen LogP contribution in [0.3, 0.4) is 0 Å². The topological polar surface area (TPSA) is 59.8 Å². The summed E-state index contributed by atoms with van der Waals surface area (Å²) in [6, 6.07) is 16.8. The van der Waals surface area contributed by atoms with Gasteiger partial charge in [-0.2, -0.15) is 5.10 Å². The molecule has 0 aliphatic rings. The molecule has 1 amide bonds. The summed E-state index contributed by atoms with van der Waals surface area (Å²) in [5.41, 5.74) is 2.67. The normalized spacial score (nSPS) is 10.8. The molecular formula is C19H13ClN4O. The molecule has 5 nitrogen and oxygen atoms in total. The Morgan fingerprint density at radius 1 is 1.04 bits per heavy atom. The highest BCUT2D eigenvalue weighted by molar-refractivity contribution is 6.35. The highest BCUT2D eigenvalue weighted by atomic mass is 35.5. The second-order valence-corrected chi connectivity index (χ2v) is 5.86. The summed E-state index contributed by atoms with van der Waals surface area (Å²) in [4.78, 5) is 16.8. The van der Waals surface area contributed by atoms with E-state index in [9.17, 15) is 4.79 Å². The van der Waals surface area contributed by atoms with E-state index < -0.39 is 0 Å². The van der Waals surface area contributed by atoms with Gasteiger partial charge in [0.25, 0.3) is 5.91 Å². The van der Waals surface area contributed by atoms with Gasteiger partial charge in [-0.3, -0.25) is 9.78 Å². The average molecular weight is 349 g/mol. The van der Waals surface area contributed by atoms with Crippen LogP contribution >= 0.6 is 11.6 Å². The fraction of sp³-hybridized carbons (Fsp3) is 0. The predicted octanol–water partition coefficient (Wildman–Crippen LogP) is 4.33. The zero-order valence-corrected chi connectivity index (χ0v) is 13.8. The number of benzene rings is 2. The Morgan fingerprint density at radius 2 is 1.88 bits per heavy atom. The lowest BCUT2D eigenvalue weighted by Crippen LogP contribution is -2.11. The summed E-state index contributed by atoms with van der Waals surface area (Å²) in [6.45, 7) is 0. The zero-order chi connectivity index (χ0) is 17.2. The predicted molar refractivity (Wildman–Crippen MR) is 98.3 cm³/mol. The van der Waals surface area contributed by atoms with Gasteiger partial charge in [0.1, 0.15) is 0 Å². The molecule has 0 fully saturated rings. The van der Waals surface area contributed by atoms with Crippen molar-refractivity contribution in [1.82, 2.24) is 14.8 Å². The van der Waals surface area contributed by atoms with Crippen molar-refractivity contribution in [2.75, 3.05) is 5.32 Å². The second kappa shape index (κ2) is 6.37. The molecule has 0 saturated carbocycles. The van der Waals surface area contributed by atoms with E-state index in [1.807, 2.05) is 42.5 Å². The van der Waals surface area contributed by atoms with Crippen LogP contribution in [0, 0.1) is 0 Å². The minimum absolute atomic E-state index is 0.241. The minimum Gasteiger partial charge on any atom is -0.321 e. The first-order chi connectivity index (χ1) is 12.2. The van der Waals surface area contributed by atoms with Gasteiger partial charge in [0.2, 0.25) is 0 Å². The quantitative estimate of drug-likeness (QED) is 0.599. The van der Waals surface area contributed by atoms with Gasteiger partial charge in [0.05, 0.1) is 33.7 Å². The van der Waals surface area contributed by atoms with Gasteiger partial charge in [-0.25, -0.2) is 4.68 Å². The second-order valence-electron chi connectivity index (χ2n) is 5.46. The van der Waals surface area contributed by atoms with Crippen LogP contribution in [-0.2, 0) is 0 Å². The van der Waals surface area contributed by atoms with E-state index in [0.29, 0.717) is 21.8 Å². The molecular weight excluding hydrogens is 336 g/mol. The van der Waals surface area contributed by atoms with Gasteiger partial charge in [-0.15, -0.1) is 0 Å². The number of aromatic nitrogens is 3. The van der Waals surface area contributed by atoms with Crippen molar-refractivity contribution in [1.29, 1.82) is 0 Å². The molecule has 25 heavy (non-hydrogen) atoms. The summed E-state index contributed by atoms with van der Waals surface area (Å²) in [6.07, 6.45) is 4.91. The van der Waals surface area contributed by atoms with Crippen molar-refractivity contribution in [3.63, 3.8) is 0 Å². The first-order valence-electron chi connectivity index (χ1n) is 7.67. The first kappa shape index (κ1) is 15.4. The number of carbonyl (C=O) groups excluding carboxylic acids is 1. The maximum Gasteiger partial charge on any atom is 0.258 e. The van der Waals surface area contributed by atoms with Crippen molar-refractivity contribution in [2.24, 2.45) is 0 Å². The molecule has 0 unspecified atom stereocenters. The smallest absolute Gasteiger partial charge is 0.258 e. The Labute approximate surface area is 148 Å². The van der Waals surface area contributed by atoms with Gasteiger partial charge in [0, 0.05) is 17.8 Å². The van der Waals surface area contributed by atoms with Crippen LogP contribution in [-0.4, -0.2) is 20.7 Å². The number of anilines is 1. The van der Waals surface area contributed by atoms with E-state index in [-0.39, 0.29) is 5.91 Å². The molecule has 0 saturated heterocycles. The highest BCUT2D eigenvalue weighted by Gasteiger charge is 2.12. The number of fused-ring (bicyclic) bond motifs is 1. The standard InChI is InChI=1S/C19H13ClN4O/c20-16-8-9-17(15-7-4-10-21-18(15)16)23-19(25)13-11-22-24(12-13)14-5-2-1-3-6-14/h1-12H,(H,23,25). The van der Waals surface area contributed by atoms with Crippen molar-refractivity contribution in [3.05, 3.63) is 83.8 Å². The fourth-order valence-corrected chi connectivity index (χ4v) is 2.82. The molecule has 2 aromatic carbocycles. The number of para-hydroxylation sites is 1. The number of amides is 1. The van der Waals surface area contributed by atoms with E-state index in [2.05, 4.69) is 15.4 Å². The Hall–Kier alpha value is -3.18. The van der Waals surface area contributed by atoms with Gasteiger partial charge in [0.15, 0.2) is 0 Å². The number of hydrogen-bond acceptors (Lipinski definition) is 3. The van der Waals surface area contributed by atoms with E-state index in [0.717, 1.165) is 11.1 Å². The summed E-state index contributed by atoms with van der Waals surface area (Å²) in [5, 5.41) is 8.49. The number of carbonyl (C=O) groups is 1. The van der Waals surface area contributed by atoms with Gasteiger partial charge >= 0.3 is 0 Å². The van der Waals surface area contributed by atoms with Crippen LogP contribution < -0.4 is 5.32 Å². The number of hydrogen-bond donors (Lipinski definition) is 1. The summed E-state index contributed by atoms with van der Waals surface area (Å²) in [5.74, 6) is -0.241. The minimum atomic E-state index is -0.241. The van der Waals surface area contributed by atoms with Crippen LogP contribution in [0.1, 0.15) is 10.4 Å². The lowest BCUT2D eigenvalue weighted by Gasteiger charge is -2.08. The van der Waals surface area contributed by atoms with Crippen molar-refractivity contribution in [2.45, 2.75) is 0 Å². The number of nitrogens with zero attached hydrogens (tertiary/aromatic N) is 3. The van der Waals surface area contributed by atoms with Crippen LogP contribution in [0.15, 0.2) is 73.2 Å². The third-order valence-corrected chi connectivity index (χ3v) is 4.14. The molecule has 1 N–H and O–H groups in total. The average Bonchev–Trinajstić information content (AvgIpc) is 3.15. The SMILES string of the molecule is O=C(Nc1ccc(Cl)c2ncccc12)c1cnn(-c2ccccc2)c1. The van der Waals surface area contributed by atoms with Gasteiger partial charge in [-0.1, -0.05) is 29.8 Å². The Morgan fingerprint density at radius 3 is 2.72 bits per heavy atom. The lowest BCUT2D eigenvalue weighted by atomic mass is 10.1. The molecule has 6 heteroatoms. The van der Waals surface area contributed by atoms with Crippen molar-refractivity contribution >= 4 is 34.1 Å². The van der Waals surface area contributed by atoms with Crippen LogP contribution in [0.2, 0.25) is 5.02 Å². The van der Waals surface area contributed by atoms with Crippen LogP contribution in [0.4, 0.5) is 5.69 Å². The van der Waals surface area contributed by atoms with E-state index in [1.165, 1.54) is 0 Å². The lowest BCUT2D eigenvalue weighted by molar-refractivity contribution is 0.102. The molecule has 0 atom stereocenters. The third kappa shape index (κ3) is 2.97. The van der Waals surface area contributed by atoms with Gasteiger partial charge in [-0.05, 0) is 36.4 Å². The summed E-state index contributed by atoms with van der Waals surface area (Å²) < 4.78 is 1.66. The number of halogens is 1. The zero-order valence-electron chi connectivity index (χ0n) is 13.1. The molecule has 0 spiro atoms. The molecule has 0 aliphatic carbocycles. The van der Waals surface area contributed by atoms with Crippen LogP contribution in [0.25, 0.3) is 16.6 Å². The van der Waals surface area contributed by atoms with Crippen molar-refractivity contribution in [3.8, 4) is 5.69 Å². The highest BCUT2D eigenvalue weighted by Crippen LogP contribution is 2.28. The molecule has 122 valence electrons. The molecule has 0 aliphatic heterocycles. The Bertz CT molecular complexity index is 1060. The fourth-order valence-electron chi connectivity index (χ4n) is 2.60. The van der Waals surface area contributed by atoms with Gasteiger partial charge < -0.3 is 5.32 Å². The molecule has 2 heterocycles. The summed E-state index contributed by atoms with van der Waals surface area (Å²) >= 11 is 6.17. The van der Waals surface area contributed by atoms with E-state index in [1.54, 1.807) is 35.4 Å². The maximum absolute atomic E-state index is 12.6. The van der Waals surface area contributed by atoms with E-state index in [4.69, 9.17) is 11.6 Å². The molecule has 4 aromatic rings. The number of rotatable bonds is 3. The molecule has 0 bridgehead atoms. The third-order valence-electron chi connectivity index (χ3n) is 3.83. The molecule has 2 aromatic heterocycles. The Balaban J connectivity index is 1.63. The van der Waals surface area contributed by atoms with Crippen molar-refractivity contribution < 1.29 is 4.79 Å². The van der Waals surface area contributed by atoms with Crippen LogP contribution in [0.5, 0.6) is 0 Å². The molecule has 4 rings (SSSR count). The summed E-state index contributed by atoms with van der Waals surface area (Å²) in [7, 11) is 0.